The summed E-state index contributed by atoms with van der Waals surface area (Å²) < 4.78 is 1.73. The Balaban J connectivity index is 1.50. The van der Waals surface area contributed by atoms with Gasteiger partial charge in [-0.3, -0.25) is 9.48 Å². The van der Waals surface area contributed by atoms with Gasteiger partial charge in [-0.25, -0.2) is 0 Å². The maximum Gasteiger partial charge on any atom is 0.244 e. The predicted molar refractivity (Wildman–Crippen MR) is 104 cm³/mol. The maximum atomic E-state index is 12.4. The van der Waals surface area contributed by atoms with Gasteiger partial charge in [0.25, 0.3) is 0 Å². The molecule has 0 radical (unpaired) electrons. The van der Waals surface area contributed by atoms with Gasteiger partial charge in [-0.2, -0.15) is 15.3 Å². The Labute approximate surface area is 158 Å². The molecule has 0 bridgehead atoms. The number of nitrogens with zero attached hydrogens (tertiary/aromatic N) is 5. The second-order valence-corrected chi connectivity index (χ2v) is 6.98. The van der Waals surface area contributed by atoms with Crippen LogP contribution in [0.2, 0.25) is 0 Å². The largest absolute Gasteiger partial charge is 0.341 e. The average Bonchev–Trinajstić information content (AvgIpc) is 3.18. The Morgan fingerprint density at radius 3 is 2.48 bits per heavy atom. The van der Waals surface area contributed by atoms with Crippen molar-refractivity contribution in [3.8, 4) is 22.5 Å². The zero-order chi connectivity index (χ0) is 18.6. The number of aromatic nitrogens is 4. The number of rotatable bonds is 4. The normalized spacial score (nSPS) is 14.3. The molecule has 1 fully saturated rings. The van der Waals surface area contributed by atoms with Crippen molar-refractivity contribution in [3.63, 3.8) is 0 Å². The van der Waals surface area contributed by atoms with E-state index in [1.807, 2.05) is 54.4 Å². The molecule has 1 amide bonds. The van der Waals surface area contributed by atoms with Gasteiger partial charge >= 0.3 is 0 Å². The van der Waals surface area contributed by atoms with Crippen LogP contribution in [0.15, 0.2) is 48.7 Å². The van der Waals surface area contributed by atoms with Gasteiger partial charge in [-0.05, 0) is 50.5 Å². The minimum Gasteiger partial charge on any atom is -0.341 e. The molecule has 6 heteroatoms. The van der Waals surface area contributed by atoms with Crippen molar-refractivity contribution in [2.45, 2.75) is 32.7 Å². The molecule has 1 aliphatic rings. The van der Waals surface area contributed by atoms with Crippen LogP contribution in [0.3, 0.4) is 0 Å². The minimum atomic E-state index is 0.146. The van der Waals surface area contributed by atoms with Crippen molar-refractivity contribution in [2.24, 2.45) is 0 Å². The van der Waals surface area contributed by atoms with Gasteiger partial charge in [0.1, 0.15) is 6.54 Å². The lowest BCUT2D eigenvalue weighted by Gasteiger charge is -2.26. The number of benzene rings is 1. The van der Waals surface area contributed by atoms with Gasteiger partial charge in [-0.1, -0.05) is 18.2 Å². The molecule has 0 aliphatic carbocycles. The van der Waals surface area contributed by atoms with Crippen molar-refractivity contribution in [1.82, 2.24) is 24.9 Å². The summed E-state index contributed by atoms with van der Waals surface area (Å²) in [5.74, 6) is 0.146. The van der Waals surface area contributed by atoms with E-state index in [1.54, 1.807) is 4.68 Å². The van der Waals surface area contributed by atoms with E-state index in [0.29, 0.717) is 6.54 Å². The first-order chi connectivity index (χ1) is 13.2. The van der Waals surface area contributed by atoms with E-state index < -0.39 is 0 Å². The molecular weight excluding hydrogens is 338 g/mol. The molecular formula is C21H23N5O. The Kier molecular flexibility index (Phi) is 4.96. The van der Waals surface area contributed by atoms with Gasteiger partial charge in [-0.15, -0.1) is 0 Å². The molecule has 138 valence electrons. The van der Waals surface area contributed by atoms with Crippen LogP contribution in [0.1, 0.15) is 25.0 Å². The number of piperidine rings is 1. The van der Waals surface area contributed by atoms with Crippen molar-refractivity contribution in [1.29, 1.82) is 0 Å². The predicted octanol–water partition coefficient (Wildman–Crippen LogP) is 3.33. The monoisotopic (exact) mass is 361 g/mol. The number of amides is 1. The first kappa shape index (κ1) is 17.4. The van der Waals surface area contributed by atoms with Gasteiger partial charge < -0.3 is 4.90 Å². The molecule has 1 aromatic carbocycles. The number of carbonyl (C=O) groups is 1. The maximum absolute atomic E-state index is 12.4. The molecule has 0 saturated carbocycles. The first-order valence-electron chi connectivity index (χ1n) is 9.41. The molecule has 27 heavy (non-hydrogen) atoms. The highest BCUT2D eigenvalue weighted by atomic mass is 16.2. The lowest BCUT2D eigenvalue weighted by Crippen LogP contribution is -2.37. The minimum absolute atomic E-state index is 0.146. The molecule has 1 aliphatic heterocycles. The zero-order valence-electron chi connectivity index (χ0n) is 15.5. The summed E-state index contributed by atoms with van der Waals surface area (Å²) in [4.78, 5) is 14.4. The standard InChI is InChI=1S/C21H23N5O/c1-16-8-9-19(23-22-16)17-6-5-7-18(14-17)20-10-13-26(24-20)15-21(27)25-11-3-2-4-12-25/h5-10,13-14H,2-4,11-12,15H2,1H3. The molecule has 0 N–H and O–H groups in total. The number of likely N-dealkylation sites (tertiary alicyclic amines) is 1. The van der Waals surface area contributed by atoms with Gasteiger partial charge in [0.15, 0.2) is 0 Å². The topological polar surface area (TPSA) is 63.9 Å². The van der Waals surface area contributed by atoms with E-state index in [9.17, 15) is 4.79 Å². The van der Waals surface area contributed by atoms with Crippen LogP contribution in [0.25, 0.3) is 22.5 Å². The Hall–Kier alpha value is -3.02. The first-order valence-corrected chi connectivity index (χ1v) is 9.41. The Bertz CT molecular complexity index is 926. The third kappa shape index (κ3) is 4.05. The number of hydrogen-bond donors (Lipinski definition) is 0. The van der Waals surface area contributed by atoms with E-state index in [4.69, 9.17) is 0 Å². The van der Waals surface area contributed by atoms with Crippen LogP contribution < -0.4 is 0 Å². The van der Waals surface area contributed by atoms with Crippen molar-refractivity contribution in [2.75, 3.05) is 13.1 Å². The average molecular weight is 361 g/mol. The highest BCUT2D eigenvalue weighted by Gasteiger charge is 2.17. The third-order valence-corrected chi connectivity index (χ3v) is 4.90. The van der Waals surface area contributed by atoms with Crippen LogP contribution in [0.4, 0.5) is 0 Å². The summed E-state index contributed by atoms with van der Waals surface area (Å²) in [5.41, 5.74) is 4.58. The fraction of sp³-hybridized carbons (Fsp3) is 0.333. The summed E-state index contributed by atoms with van der Waals surface area (Å²) in [6.07, 6.45) is 5.29. The number of carbonyl (C=O) groups excluding carboxylic acids is 1. The highest BCUT2D eigenvalue weighted by molar-refractivity contribution is 5.76. The fourth-order valence-electron chi connectivity index (χ4n) is 3.38. The van der Waals surface area contributed by atoms with E-state index in [0.717, 1.165) is 54.1 Å². The lowest BCUT2D eigenvalue weighted by molar-refractivity contribution is -0.132. The second-order valence-electron chi connectivity index (χ2n) is 6.98. The van der Waals surface area contributed by atoms with E-state index >= 15 is 0 Å². The van der Waals surface area contributed by atoms with Gasteiger partial charge in [0.05, 0.1) is 17.1 Å². The van der Waals surface area contributed by atoms with Crippen molar-refractivity contribution >= 4 is 5.91 Å². The van der Waals surface area contributed by atoms with Crippen LogP contribution in [-0.2, 0) is 11.3 Å². The Morgan fingerprint density at radius 1 is 0.963 bits per heavy atom. The molecule has 0 spiro atoms. The smallest absolute Gasteiger partial charge is 0.244 e. The van der Waals surface area contributed by atoms with Crippen LogP contribution in [0, 0.1) is 6.92 Å². The molecule has 6 nitrogen and oxygen atoms in total. The number of hydrogen-bond acceptors (Lipinski definition) is 4. The number of aryl methyl sites for hydroxylation is 1. The Morgan fingerprint density at radius 2 is 1.74 bits per heavy atom. The van der Waals surface area contributed by atoms with Crippen LogP contribution in [-0.4, -0.2) is 43.9 Å². The fourth-order valence-corrected chi connectivity index (χ4v) is 3.38. The summed E-state index contributed by atoms with van der Waals surface area (Å²) >= 11 is 0. The van der Waals surface area contributed by atoms with E-state index in [2.05, 4.69) is 21.4 Å². The lowest BCUT2D eigenvalue weighted by atomic mass is 10.1. The quantitative estimate of drug-likeness (QED) is 0.715. The SMILES string of the molecule is Cc1ccc(-c2cccc(-c3ccn(CC(=O)N4CCCCC4)n3)c2)nn1. The van der Waals surface area contributed by atoms with Gasteiger partial charge in [0.2, 0.25) is 5.91 Å². The van der Waals surface area contributed by atoms with Crippen LogP contribution in [0.5, 0.6) is 0 Å². The summed E-state index contributed by atoms with van der Waals surface area (Å²) in [6.45, 7) is 3.95. The van der Waals surface area contributed by atoms with Crippen LogP contribution >= 0.6 is 0 Å². The van der Waals surface area contributed by atoms with Crippen molar-refractivity contribution in [3.05, 3.63) is 54.4 Å². The summed E-state index contributed by atoms with van der Waals surface area (Å²) in [6, 6.07) is 13.9. The second kappa shape index (κ2) is 7.70. The summed E-state index contributed by atoms with van der Waals surface area (Å²) in [7, 11) is 0. The zero-order valence-corrected chi connectivity index (χ0v) is 15.5. The van der Waals surface area contributed by atoms with Crippen molar-refractivity contribution < 1.29 is 4.79 Å². The molecule has 3 aromatic rings. The third-order valence-electron chi connectivity index (χ3n) is 4.90. The molecule has 2 aromatic heterocycles. The molecule has 0 atom stereocenters. The molecule has 3 heterocycles. The molecule has 4 rings (SSSR count). The molecule has 0 unspecified atom stereocenters. The summed E-state index contributed by atoms with van der Waals surface area (Å²) in [5, 5.41) is 13.0. The van der Waals surface area contributed by atoms with E-state index in [1.165, 1.54) is 6.42 Å². The highest BCUT2D eigenvalue weighted by Crippen LogP contribution is 2.24. The molecule has 1 saturated heterocycles. The van der Waals surface area contributed by atoms with Gasteiger partial charge in [0, 0.05) is 30.4 Å². The van der Waals surface area contributed by atoms with E-state index in [-0.39, 0.29) is 5.91 Å².